The van der Waals surface area contributed by atoms with E-state index in [1.165, 1.54) is 0 Å². The van der Waals surface area contributed by atoms with Gasteiger partial charge in [0.15, 0.2) is 86.8 Å². The number of ether oxygens (including phenoxy) is 13. The van der Waals surface area contributed by atoms with Crippen LogP contribution >= 0.6 is 0 Å². The molecule has 7 saturated heterocycles. The van der Waals surface area contributed by atoms with E-state index in [1.54, 1.807) is 0 Å². The van der Waals surface area contributed by atoms with Crippen molar-refractivity contribution >= 4 is 41.8 Å². The van der Waals surface area contributed by atoms with Crippen molar-refractivity contribution in [2.45, 2.75) is 215 Å². The summed E-state index contributed by atoms with van der Waals surface area (Å²) >= 11 is 0. The molecule has 0 aromatic rings. The molecule has 7 aliphatic heterocycles. The van der Waals surface area contributed by atoms with Gasteiger partial charge in [0, 0.05) is 0 Å². The number of aliphatic carboxylic acids is 7. The highest BCUT2D eigenvalue weighted by Gasteiger charge is 2.62. The summed E-state index contributed by atoms with van der Waals surface area (Å²) in [5.41, 5.74) is 0. The minimum atomic E-state index is -2.71. The van der Waals surface area contributed by atoms with Crippen LogP contribution in [0, 0.1) is 0 Å². The van der Waals surface area contributed by atoms with Crippen LogP contribution in [0.5, 0.6) is 0 Å². The monoisotopic (exact) mass is 1250 g/mol. The van der Waals surface area contributed by atoms with Gasteiger partial charge in [-0.25, -0.2) is 33.6 Å². The summed E-state index contributed by atoms with van der Waals surface area (Å²) in [6.07, 6.45) is -88.0. The lowest BCUT2D eigenvalue weighted by molar-refractivity contribution is -0.388. The van der Waals surface area contributed by atoms with Gasteiger partial charge in [-0.2, -0.15) is 0 Å². The molecule has 7 fully saturated rings. The molecular formula is C42H58O43. The van der Waals surface area contributed by atoms with Gasteiger partial charge < -0.3 is 179 Å². The van der Waals surface area contributed by atoms with Gasteiger partial charge in [0.2, 0.25) is 0 Å². The Morgan fingerprint density at radius 3 is 0.565 bits per heavy atom. The lowest BCUT2D eigenvalue weighted by Gasteiger charge is -2.48. The van der Waals surface area contributed by atoms with Gasteiger partial charge in [0.25, 0.3) is 0 Å². The van der Waals surface area contributed by atoms with Gasteiger partial charge in [-0.1, -0.05) is 0 Å². The number of aliphatic hydroxyl groups excluding tert-OH is 16. The molecule has 0 radical (unpaired) electrons. The molecule has 43 nitrogen and oxygen atoms in total. The van der Waals surface area contributed by atoms with Crippen LogP contribution < -0.4 is 0 Å². The topological polar surface area (TPSA) is 705 Å². The maximum absolute atomic E-state index is 12.6. The van der Waals surface area contributed by atoms with Crippen LogP contribution in [0.1, 0.15) is 0 Å². The zero-order valence-corrected chi connectivity index (χ0v) is 42.2. The Hall–Kier alpha value is -4.87. The predicted octanol–water partition coefficient (Wildman–Crippen LogP) is -15.6. The maximum Gasteiger partial charge on any atom is 0.335 e. The molecule has 7 heterocycles. The third kappa shape index (κ3) is 13.4. The number of hydrogen-bond donors (Lipinski definition) is 23. The smallest absolute Gasteiger partial charge is 0.335 e. The summed E-state index contributed by atoms with van der Waals surface area (Å²) in [7, 11) is 0. The summed E-state index contributed by atoms with van der Waals surface area (Å²) in [6.45, 7) is 0. The molecule has 484 valence electrons. The first-order valence-electron chi connectivity index (χ1n) is 24.6. The van der Waals surface area contributed by atoms with Gasteiger partial charge in [-0.3, -0.25) is 0 Å². The molecule has 0 aromatic heterocycles. The molecule has 0 unspecified atom stereocenters. The van der Waals surface area contributed by atoms with Crippen LogP contribution in [-0.4, -0.2) is 374 Å². The standard InChI is InChI=1S/C42H58O43/c43-1-2(44)22(29(58)59)80-37(10(1)52)75-17-4(46)12(54)39(82-24(17)31(62)63)77-19-6(48)14(56)41(84-26(19)33(66)67)79-21-8(50)15(57)42(85-28(21)35(70)71)78-20-7(49)13(55)40(83-27(20)34(68)69)76-18-5(47)11(53)38(81-25(18)32(64)65)74-16-3(45)9(51)36(72)73-23(16)30(60)61/h1-28,36-57,72H,(H,58,59)(H,60,61)(H,62,63)(H,64,65)(H,66,67)(H,68,69)(H,70,71)/t1-,2-,3+,4+,5+,6+,7+,8+,9-,10-,11-,12-,13-,14-,15-,16-,17-,18-,19-,20-,21-,22-,23-,24-,25-,26-,27-,28-,36+,37+,38+,39+,40+,41+,42+/m0/s1. The summed E-state index contributed by atoms with van der Waals surface area (Å²) in [5, 5.41) is 241. The SMILES string of the molecule is O=C(O)[C@H]1O[C@@H](O[C@H]2[C@H](O)[C@H](O)[C@H](O[C@H]3[C@H](O)[C@H](O)[C@H](O[C@H]4[C@H](O)[C@H](O)[C@H](O[C@H]5[C@H](O)[C@H](O)[C@H](O[C@H]6[C@H](O)[C@H](O)[C@H](O[C@H]7[C@H](O)[C@H](O)[C@H](O)O[C@@H]7C(=O)O)O[C@@H]6C(=O)O)O[C@@H]5C(=O)O)O[C@@H]4C(=O)O)O[C@@H]3C(=O)O)O[C@@H]2C(=O)O)[C@@H](O)[C@@H](O)[C@@H]1O. The molecule has 23 N–H and O–H groups in total. The molecule has 0 bridgehead atoms. The first-order valence-corrected chi connectivity index (χ1v) is 24.6. The quantitative estimate of drug-likeness (QED) is 0.0571. The number of carboxylic acids is 7. The summed E-state index contributed by atoms with van der Waals surface area (Å²) in [6, 6.07) is 0. The van der Waals surface area contributed by atoms with Gasteiger partial charge in [0.1, 0.15) is 128 Å². The summed E-state index contributed by atoms with van der Waals surface area (Å²) in [4.78, 5) is 85.8. The second-order valence-electron chi connectivity index (χ2n) is 19.8. The second-order valence-corrected chi connectivity index (χ2v) is 19.8. The Labute approximate surface area is 469 Å². The first kappa shape index (κ1) is 67.6. The molecular weight excluding hydrogens is 1190 g/mol. The van der Waals surface area contributed by atoms with E-state index in [1.807, 2.05) is 0 Å². The zero-order valence-electron chi connectivity index (χ0n) is 42.2. The summed E-state index contributed by atoms with van der Waals surface area (Å²) < 4.78 is 67.1. The van der Waals surface area contributed by atoms with Crippen LogP contribution in [0.3, 0.4) is 0 Å². The van der Waals surface area contributed by atoms with Crippen LogP contribution in [0.15, 0.2) is 0 Å². The van der Waals surface area contributed by atoms with Crippen molar-refractivity contribution in [3.8, 4) is 0 Å². The van der Waals surface area contributed by atoms with Crippen LogP contribution in [-0.2, 0) is 95.1 Å². The van der Waals surface area contributed by atoms with E-state index >= 15 is 0 Å². The highest BCUT2D eigenvalue weighted by Crippen LogP contribution is 2.38. The molecule has 0 aromatic carbocycles. The fraction of sp³-hybridized carbons (Fsp3) is 0.833. The molecule has 7 aliphatic rings. The van der Waals surface area contributed by atoms with E-state index < -0.39 is 257 Å². The van der Waals surface area contributed by atoms with E-state index in [0.29, 0.717) is 0 Å². The largest absolute Gasteiger partial charge is 0.479 e. The highest BCUT2D eigenvalue weighted by molar-refractivity contribution is 5.76. The summed E-state index contributed by atoms with van der Waals surface area (Å²) in [5.74, 6) is -14.5. The van der Waals surface area contributed by atoms with Crippen molar-refractivity contribution in [3.63, 3.8) is 0 Å². The maximum atomic E-state index is 12.6. The number of rotatable bonds is 19. The van der Waals surface area contributed by atoms with Crippen LogP contribution in [0.25, 0.3) is 0 Å². The Bertz CT molecular complexity index is 2400. The minimum absolute atomic E-state index is 1.91. The van der Waals surface area contributed by atoms with E-state index in [2.05, 4.69) is 4.74 Å². The van der Waals surface area contributed by atoms with E-state index in [-0.39, 0.29) is 0 Å². The van der Waals surface area contributed by atoms with Gasteiger partial charge in [-0.15, -0.1) is 0 Å². The third-order valence-corrected chi connectivity index (χ3v) is 14.3. The predicted molar refractivity (Wildman–Crippen MR) is 236 cm³/mol. The van der Waals surface area contributed by atoms with Crippen molar-refractivity contribution in [3.05, 3.63) is 0 Å². The number of aliphatic hydroxyl groups is 16. The van der Waals surface area contributed by atoms with Crippen molar-refractivity contribution in [2.24, 2.45) is 0 Å². The fourth-order valence-corrected chi connectivity index (χ4v) is 9.79. The lowest BCUT2D eigenvalue weighted by Crippen LogP contribution is -2.69. The number of carboxylic acid groups (broad SMARTS) is 7. The molecule has 0 saturated carbocycles. The highest BCUT2D eigenvalue weighted by atomic mass is 16.8. The molecule has 0 spiro atoms. The second kappa shape index (κ2) is 26.8. The van der Waals surface area contributed by atoms with Crippen molar-refractivity contribution in [2.75, 3.05) is 0 Å². The van der Waals surface area contributed by atoms with Crippen molar-refractivity contribution in [1.29, 1.82) is 0 Å². The van der Waals surface area contributed by atoms with Gasteiger partial charge >= 0.3 is 41.8 Å². The number of hydrogen-bond acceptors (Lipinski definition) is 36. The Balaban J connectivity index is 1.01. The van der Waals surface area contributed by atoms with Crippen molar-refractivity contribution in [1.82, 2.24) is 0 Å². The van der Waals surface area contributed by atoms with E-state index in [0.717, 1.165) is 0 Å². The molecule has 7 rings (SSSR count). The Morgan fingerprint density at radius 2 is 0.365 bits per heavy atom. The lowest BCUT2D eigenvalue weighted by atomic mass is 9.94. The third-order valence-electron chi connectivity index (χ3n) is 14.3. The van der Waals surface area contributed by atoms with Crippen LogP contribution in [0.2, 0.25) is 0 Å². The van der Waals surface area contributed by atoms with Gasteiger partial charge in [0.05, 0.1) is 0 Å². The molecule has 0 amide bonds. The Kier molecular flexibility index (Phi) is 21.4. The molecule has 43 heteroatoms. The first-order chi connectivity index (χ1) is 39.6. The van der Waals surface area contributed by atoms with Crippen LogP contribution in [0.4, 0.5) is 0 Å². The molecule has 0 aliphatic carbocycles. The Morgan fingerprint density at radius 1 is 0.200 bits per heavy atom. The fourth-order valence-electron chi connectivity index (χ4n) is 9.79. The molecule has 85 heavy (non-hydrogen) atoms. The van der Waals surface area contributed by atoms with E-state index in [4.69, 9.17) is 56.8 Å². The number of carbonyl (C=O) groups is 7. The zero-order chi connectivity index (χ0) is 63.4. The van der Waals surface area contributed by atoms with Crippen molar-refractivity contribution < 1.29 is 213 Å². The normalized spacial score (nSPS) is 49.7. The van der Waals surface area contributed by atoms with Gasteiger partial charge in [-0.05, 0) is 0 Å². The average molecular weight is 1250 g/mol. The minimum Gasteiger partial charge on any atom is -0.479 e. The molecule has 35 atom stereocenters. The average Bonchev–Trinajstić information content (AvgIpc) is 3.42. The van der Waals surface area contributed by atoms with E-state index in [9.17, 15) is 151 Å².